The first kappa shape index (κ1) is 22.2. The van der Waals surface area contributed by atoms with Gasteiger partial charge in [-0.1, -0.05) is 12.1 Å². The molecule has 0 amide bonds. The summed E-state index contributed by atoms with van der Waals surface area (Å²) in [5.74, 6) is 1.98. The molecule has 0 saturated heterocycles. The average Bonchev–Trinajstić information content (AvgIpc) is 2.72. The Bertz CT molecular complexity index is 829. The second kappa shape index (κ2) is 9.90. The molecule has 2 aromatic carbocycles. The van der Waals surface area contributed by atoms with Crippen molar-refractivity contribution in [2.75, 3.05) is 28.4 Å². The van der Waals surface area contributed by atoms with Gasteiger partial charge in [0.25, 0.3) is 0 Å². The summed E-state index contributed by atoms with van der Waals surface area (Å²) >= 11 is 0. The van der Waals surface area contributed by atoms with Crippen molar-refractivity contribution in [3.05, 3.63) is 53.1 Å². The van der Waals surface area contributed by atoms with Gasteiger partial charge in [-0.3, -0.25) is 4.99 Å². The number of benzene rings is 2. The Labute approximate surface area is 167 Å². The molecule has 2 N–H and O–H groups in total. The predicted octanol–water partition coefficient (Wildman–Crippen LogP) is 3.60. The number of nitrogens with one attached hydrogen (secondary N) is 2. The zero-order valence-electron chi connectivity index (χ0n) is 16.7. The third-order valence-corrected chi connectivity index (χ3v) is 4.12. The van der Waals surface area contributed by atoms with Crippen LogP contribution >= 0.6 is 0 Å². The molecule has 0 bridgehead atoms. The number of halogens is 3. The second-order valence-corrected chi connectivity index (χ2v) is 6.01. The molecule has 0 aromatic heterocycles. The third kappa shape index (κ3) is 5.94. The minimum absolute atomic E-state index is 0.193. The van der Waals surface area contributed by atoms with E-state index in [9.17, 15) is 13.2 Å². The summed E-state index contributed by atoms with van der Waals surface area (Å²) in [5, 5.41) is 6.10. The normalized spacial score (nSPS) is 11.8. The molecular formula is C20H24F3N3O3. The zero-order valence-corrected chi connectivity index (χ0v) is 16.7. The number of hydrogen-bond acceptors (Lipinski definition) is 4. The summed E-state index contributed by atoms with van der Waals surface area (Å²) < 4.78 is 54.4. The van der Waals surface area contributed by atoms with E-state index >= 15 is 0 Å². The molecule has 2 rings (SSSR count). The van der Waals surface area contributed by atoms with Crippen molar-refractivity contribution in [1.29, 1.82) is 0 Å². The van der Waals surface area contributed by atoms with Crippen LogP contribution in [0.25, 0.3) is 0 Å². The summed E-state index contributed by atoms with van der Waals surface area (Å²) in [6, 6.07) is 8.75. The Morgan fingerprint density at radius 1 is 0.897 bits per heavy atom. The first-order valence-electron chi connectivity index (χ1n) is 8.72. The van der Waals surface area contributed by atoms with Crippen LogP contribution in [0, 0.1) is 0 Å². The molecule has 0 atom stereocenters. The lowest BCUT2D eigenvalue weighted by Crippen LogP contribution is -2.36. The highest BCUT2D eigenvalue weighted by Crippen LogP contribution is 2.38. The quantitative estimate of drug-likeness (QED) is 0.539. The standard InChI is InChI=1S/C20H24F3N3O3/c1-24-19(25-11-13-6-5-7-15(8-13)20(21,22)23)26-12-14-9-16(27-2)18(29-4)17(10-14)28-3/h5-10H,11-12H2,1-4H3,(H2,24,25,26). The molecule has 0 spiro atoms. The smallest absolute Gasteiger partial charge is 0.416 e. The summed E-state index contributed by atoms with van der Waals surface area (Å²) in [7, 11) is 6.17. The molecule has 0 saturated carbocycles. The molecule has 29 heavy (non-hydrogen) atoms. The number of rotatable bonds is 7. The molecule has 0 aliphatic rings. The number of nitrogens with zero attached hydrogens (tertiary/aromatic N) is 1. The van der Waals surface area contributed by atoms with Crippen LogP contribution in [-0.4, -0.2) is 34.3 Å². The molecule has 158 valence electrons. The van der Waals surface area contributed by atoms with Gasteiger partial charge >= 0.3 is 6.18 Å². The Hall–Kier alpha value is -3.10. The highest BCUT2D eigenvalue weighted by atomic mass is 19.4. The van der Waals surface area contributed by atoms with Crippen LogP contribution in [0.3, 0.4) is 0 Å². The van der Waals surface area contributed by atoms with Gasteiger partial charge in [0, 0.05) is 20.1 Å². The molecule has 0 heterocycles. The van der Waals surface area contributed by atoms with E-state index in [4.69, 9.17) is 14.2 Å². The minimum Gasteiger partial charge on any atom is -0.493 e. The Kier molecular flexibility index (Phi) is 7.58. The van der Waals surface area contributed by atoms with Gasteiger partial charge in [0.15, 0.2) is 17.5 Å². The summed E-state index contributed by atoms with van der Waals surface area (Å²) in [5.41, 5.74) is 0.661. The lowest BCUT2D eigenvalue weighted by Gasteiger charge is -2.16. The van der Waals surface area contributed by atoms with Crippen LogP contribution < -0.4 is 24.8 Å². The van der Waals surface area contributed by atoms with Gasteiger partial charge < -0.3 is 24.8 Å². The molecular weight excluding hydrogens is 387 g/mol. The van der Waals surface area contributed by atoms with Crippen LogP contribution in [0.2, 0.25) is 0 Å². The van der Waals surface area contributed by atoms with E-state index in [0.29, 0.717) is 35.3 Å². The summed E-state index contributed by atoms with van der Waals surface area (Å²) in [4.78, 5) is 4.09. The number of aliphatic imine (C=N–C) groups is 1. The molecule has 0 fully saturated rings. The van der Waals surface area contributed by atoms with Crippen LogP contribution in [-0.2, 0) is 19.3 Å². The van der Waals surface area contributed by atoms with Crippen molar-refractivity contribution in [2.45, 2.75) is 19.3 Å². The maximum absolute atomic E-state index is 12.8. The van der Waals surface area contributed by atoms with Crippen molar-refractivity contribution in [3.8, 4) is 17.2 Å². The van der Waals surface area contributed by atoms with Crippen molar-refractivity contribution in [2.24, 2.45) is 4.99 Å². The lowest BCUT2D eigenvalue weighted by atomic mass is 10.1. The zero-order chi connectivity index (χ0) is 21.4. The fraction of sp³-hybridized carbons (Fsp3) is 0.350. The van der Waals surface area contributed by atoms with Crippen LogP contribution in [0.15, 0.2) is 41.4 Å². The minimum atomic E-state index is -4.37. The maximum Gasteiger partial charge on any atom is 0.416 e. The predicted molar refractivity (Wildman–Crippen MR) is 105 cm³/mol. The SMILES string of the molecule is CN=C(NCc1cccc(C(F)(F)F)c1)NCc1cc(OC)c(OC)c(OC)c1. The monoisotopic (exact) mass is 411 g/mol. The highest BCUT2D eigenvalue weighted by molar-refractivity contribution is 5.79. The van der Waals surface area contributed by atoms with Crippen LogP contribution in [0.5, 0.6) is 17.2 Å². The number of alkyl halides is 3. The number of guanidine groups is 1. The van der Waals surface area contributed by atoms with E-state index in [1.807, 2.05) is 0 Å². The second-order valence-electron chi connectivity index (χ2n) is 6.01. The largest absolute Gasteiger partial charge is 0.493 e. The fourth-order valence-electron chi connectivity index (χ4n) is 2.69. The number of ether oxygens (including phenoxy) is 3. The van der Waals surface area contributed by atoms with E-state index in [-0.39, 0.29) is 6.54 Å². The van der Waals surface area contributed by atoms with Gasteiger partial charge in [-0.05, 0) is 35.4 Å². The van der Waals surface area contributed by atoms with Crippen molar-refractivity contribution in [3.63, 3.8) is 0 Å². The van der Waals surface area contributed by atoms with Gasteiger partial charge in [-0.15, -0.1) is 0 Å². The molecule has 6 nitrogen and oxygen atoms in total. The van der Waals surface area contributed by atoms with E-state index in [0.717, 1.165) is 17.7 Å². The average molecular weight is 411 g/mol. The molecule has 0 unspecified atom stereocenters. The number of hydrogen-bond donors (Lipinski definition) is 2. The highest BCUT2D eigenvalue weighted by Gasteiger charge is 2.30. The fourth-order valence-corrected chi connectivity index (χ4v) is 2.69. The summed E-state index contributed by atoms with van der Waals surface area (Å²) in [6.07, 6.45) is -4.37. The van der Waals surface area contributed by atoms with E-state index in [1.54, 1.807) is 25.2 Å². The van der Waals surface area contributed by atoms with Crippen molar-refractivity contribution < 1.29 is 27.4 Å². The third-order valence-electron chi connectivity index (χ3n) is 4.12. The van der Waals surface area contributed by atoms with Gasteiger partial charge in [-0.2, -0.15) is 13.2 Å². The van der Waals surface area contributed by atoms with E-state index < -0.39 is 11.7 Å². The van der Waals surface area contributed by atoms with E-state index in [1.165, 1.54) is 27.4 Å². The molecule has 2 aromatic rings. The Morgan fingerprint density at radius 3 is 1.97 bits per heavy atom. The van der Waals surface area contributed by atoms with Crippen LogP contribution in [0.1, 0.15) is 16.7 Å². The first-order chi connectivity index (χ1) is 13.8. The maximum atomic E-state index is 12.8. The molecule has 0 aliphatic heterocycles. The van der Waals surface area contributed by atoms with Crippen molar-refractivity contribution in [1.82, 2.24) is 10.6 Å². The molecule has 0 radical (unpaired) electrons. The van der Waals surface area contributed by atoms with Gasteiger partial charge in [0.1, 0.15) is 0 Å². The van der Waals surface area contributed by atoms with Gasteiger partial charge in [-0.25, -0.2) is 0 Å². The first-order valence-corrected chi connectivity index (χ1v) is 8.72. The topological polar surface area (TPSA) is 64.1 Å². The molecule has 0 aliphatic carbocycles. The molecule has 9 heteroatoms. The van der Waals surface area contributed by atoms with E-state index in [2.05, 4.69) is 15.6 Å². The number of methoxy groups -OCH3 is 3. The lowest BCUT2D eigenvalue weighted by molar-refractivity contribution is -0.137. The summed E-state index contributed by atoms with van der Waals surface area (Å²) in [6.45, 7) is 0.581. The van der Waals surface area contributed by atoms with Gasteiger partial charge in [0.05, 0.1) is 26.9 Å². The van der Waals surface area contributed by atoms with Crippen LogP contribution in [0.4, 0.5) is 13.2 Å². The Morgan fingerprint density at radius 2 is 1.48 bits per heavy atom. The van der Waals surface area contributed by atoms with Crippen molar-refractivity contribution >= 4 is 5.96 Å². The Balaban J connectivity index is 2.03. The van der Waals surface area contributed by atoms with Gasteiger partial charge in [0.2, 0.25) is 5.75 Å².